The number of nitrogens with zero attached hydrogens (tertiary/aromatic N) is 2. The number of anilines is 1. The zero-order chi connectivity index (χ0) is 15.6. The molecule has 4 N–H and O–H groups in total. The Balaban J connectivity index is 1.92. The molecule has 21 heavy (non-hydrogen) atoms. The summed E-state index contributed by atoms with van der Waals surface area (Å²) < 4.78 is 6.90. The van der Waals surface area contributed by atoms with Crippen LogP contribution >= 0.6 is 0 Å². The van der Waals surface area contributed by atoms with E-state index in [1.807, 2.05) is 20.8 Å². The van der Waals surface area contributed by atoms with Gasteiger partial charge in [-0.15, -0.1) is 0 Å². The normalized spacial score (nSPS) is 21.8. The van der Waals surface area contributed by atoms with Gasteiger partial charge in [0.1, 0.15) is 11.4 Å². The van der Waals surface area contributed by atoms with Crippen molar-refractivity contribution in [1.82, 2.24) is 15.1 Å². The van der Waals surface area contributed by atoms with E-state index in [-0.39, 0.29) is 0 Å². The summed E-state index contributed by atoms with van der Waals surface area (Å²) in [6.07, 6.45) is 3.26. The van der Waals surface area contributed by atoms with Crippen molar-refractivity contribution in [3.8, 4) is 0 Å². The van der Waals surface area contributed by atoms with Gasteiger partial charge < -0.3 is 15.8 Å². The summed E-state index contributed by atoms with van der Waals surface area (Å²) >= 11 is 0. The summed E-state index contributed by atoms with van der Waals surface area (Å²) in [6, 6.07) is 0.769. The number of aryl methyl sites for hydroxylation is 1. The number of amides is 1. The van der Waals surface area contributed by atoms with Gasteiger partial charge in [-0.1, -0.05) is 0 Å². The molecule has 0 aliphatic heterocycles. The Morgan fingerprint density at radius 3 is 2.76 bits per heavy atom. The fraction of sp³-hybridized carbons (Fsp3) is 0.714. The molecule has 0 radical (unpaired) electrons. The molecule has 7 nitrogen and oxygen atoms in total. The molecule has 1 aliphatic carbocycles. The molecule has 1 aromatic rings. The Hall–Kier alpha value is -1.60. The van der Waals surface area contributed by atoms with Crippen LogP contribution in [0.2, 0.25) is 0 Å². The third kappa shape index (κ3) is 4.44. The molecule has 0 atom stereocenters. The number of rotatable bonds is 4. The molecule has 0 saturated heterocycles. The molecule has 1 heterocycles. The van der Waals surface area contributed by atoms with Crippen molar-refractivity contribution in [2.24, 2.45) is 12.8 Å². The molecule has 0 bridgehead atoms. The minimum Gasteiger partial charge on any atom is -0.444 e. The predicted octanol–water partition coefficient (Wildman–Crippen LogP) is 1.35. The Morgan fingerprint density at radius 2 is 2.19 bits per heavy atom. The van der Waals surface area contributed by atoms with E-state index >= 15 is 0 Å². The average Bonchev–Trinajstić information content (AvgIpc) is 2.63. The quantitative estimate of drug-likeness (QED) is 0.779. The highest BCUT2D eigenvalue weighted by Crippen LogP contribution is 2.20. The monoisotopic (exact) mass is 295 g/mol. The van der Waals surface area contributed by atoms with E-state index in [0.717, 1.165) is 18.4 Å². The topological polar surface area (TPSA) is 94.2 Å². The highest BCUT2D eigenvalue weighted by molar-refractivity contribution is 5.84. The van der Waals surface area contributed by atoms with E-state index in [1.54, 1.807) is 17.9 Å². The standard InChI is InChI=1S/C14H25N5O2/c1-14(2,3)21-13(20)18-12-9(8-17-19(12)4)7-16-11-5-10(15)6-11/h8,10-11,16H,5-7,15H2,1-4H3,(H,18,20). The second kappa shape index (κ2) is 6.03. The number of ether oxygens (including phenoxy) is 1. The number of carbonyl (C=O) groups is 1. The maximum Gasteiger partial charge on any atom is 0.413 e. The van der Waals surface area contributed by atoms with E-state index in [1.165, 1.54) is 0 Å². The molecule has 7 heteroatoms. The molecule has 1 fully saturated rings. The summed E-state index contributed by atoms with van der Waals surface area (Å²) in [6.45, 7) is 6.14. The van der Waals surface area contributed by atoms with Crippen LogP contribution in [0.3, 0.4) is 0 Å². The number of nitrogens with one attached hydrogen (secondary N) is 2. The van der Waals surface area contributed by atoms with Crippen molar-refractivity contribution in [3.05, 3.63) is 11.8 Å². The van der Waals surface area contributed by atoms with Crippen molar-refractivity contribution in [3.63, 3.8) is 0 Å². The van der Waals surface area contributed by atoms with Crippen LogP contribution in [0.25, 0.3) is 0 Å². The third-order valence-corrected chi connectivity index (χ3v) is 3.39. The smallest absolute Gasteiger partial charge is 0.413 e. The first-order chi connectivity index (χ1) is 9.74. The van der Waals surface area contributed by atoms with Crippen molar-refractivity contribution in [2.45, 2.75) is 57.8 Å². The van der Waals surface area contributed by atoms with Crippen molar-refractivity contribution >= 4 is 11.9 Å². The zero-order valence-electron chi connectivity index (χ0n) is 13.1. The van der Waals surface area contributed by atoms with Crippen molar-refractivity contribution in [2.75, 3.05) is 5.32 Å². The zero-order valence-corrected chi connectivity index (χ0v) is 13.1. The van der Waals surface area contributed by atoms with Gasteiger partial charge in [0.2, 0.25) is 0 Å². The van der Waals surface area contributed by atoms with Gasteiger partial charge >= 0.3 is 6.09 Å². The SMILES string of the molecule is Cn1ncc(CNC2CC(N)C2)c1NC(=O)OC(C)(C)C. The Bertz CT molecular complexity index is 500. The highest BCUT2D eigenvalue weighted by atomic mass is 16.6. The van der Waals surface area contributed by atoms with Crippen LogP contribution in [0.1, 0.15) is 39.2 Å². The van der Waals surface area contributed by atoms with Gasteiger partial charge in [-0.25, -0.2) is 4.79 Å². The third-order valence-electron chi connectivity index (χ3n) is 3.39. The lowest BCUT2D eigenvalue weighted by Crippen LogP contribution is -2.48. The van der Waals surface area contributed by atoms with Crippen LogP contribution in [-0.2, 0) is 18.3 Å². The van der Waals surface area contributed by atoms with Gasteiger partial charge in [0, 0.05) is 31.2 Å². The summed E-state index contributed by atoms with van der Waals surface area (Å²) in [4.78, 5) is 11.9. The van der Waals surface area contributed by atoms with Gasteiger partial charge in [-0.05, 0) is 33.6 Å². The van der Waals surface area contributed by atoms with Gasteiger partial charge in [0.25, 0.3) is 0 Å². The van der Waals surface area contributed by atoms with E-state index in [2.05, 4.69) is 15.7 Å². The molecule has 1 amide bonds. The first-order valence-electron chi connectivity index (χ1n) is 7.24. The molecule has 0 spiro atoms. The van der Waals surface area contributed by atoms with Gasteiger partial charge in [-0.3, -0.25) is 10.00 Å². The fourth-order valence-corrected chi connectivity index (χ4v) is 2.26. The molecule has 1 saturated carbocycles. The molecule has 1 aliphatic rings. The largest absolute Gasteiger partial charge is 0.444 e. The van der Waals surface area contributed by atoms with Gasteiger partial charge in [-0.2, -0.15) is 5.10 Å². The fourth-order valence-electron chi connectivity index (χ4n) is 2.26. The molecule has 2 rings (SSSR count). The first kappa shape index (κ1) is 15.8. The predicted molar refractivity (Wildman–Crippen MR) is 80.9 cm³/mol. The Labute approximate surface area is 125 Å². The second-order valence-corrected chi connectivity index (χ2v) is 6.58. The number of aromatic nitrogens is 2. The van der Waals surface area contributed by atoms with Crippen LogP contribution in [0.15, 0.2) is 6.20 Å². The molecule has 1 aromatic heterocycles. The molecule has 0 unspecified atom stereocenters. The van der Waals surface area contributed by atoms with Crippen LogP contribution in [-0.4, -0.2) is 33.6 Å². The number of nitrogens with two attached hydrogens (primary N) is 1. The second-order valence-electron chi connectivity index (χ2n) is 6.58. The van der Waals surface area contributed by atoms with Crippen molar-refractivity contribution < 1.29 is 9.53 Å². The van der Waals surface area contributed by atoms with E-state index < -0.39 is 11.7 Å². The molecule has 118 valence electrons. The maximum atomic E-state index is 11.9. The number of hydrogen-bond donors (Lipinski definition) is 3. The molecular weight excluding hydrogens is 270 g/mol. The van der Waals surface area contributed by atoms with Crippen LogP contribution in [0, 0.1) is 0 Å². The summed E-state index contributed by atoms with van der Waals surface area (Å²) in [5.41, 5.74) is 6.18. The molecular formula is C14H25N5O2. The first-order valence-corrected chi connectivity index (χ1v) is 7.24. The van der Waals surface area contributed by atoms with E-state index in [9.17, 15) is 4.79 Å². The average molecular weight is 295 g/mol. The van der Waals surface area contributed by atoms with Gasteiger partial charge in [0.15, 0.2) is 0 Å². The van der Waals surface area contributed by atoms with E-state index in [4.69, 9.17) is 10.5 Å². The minimum atomic E-state index is -0.525. The summed E-state index contributed by atoms with van der Waals surface area (Å²) in [5.74, 6) is 0.653. The summed E-state index contributed by atoms with van der Waals surface area (Å²) in [7, 11) is 1.79. The van der Waals surface area contributed by atoms with Gasteiger partial charge in [0.05, 0.1) is 6.20 Å². The Morgan fingerprint density at radius 1 is 1.52 bits per heavy atom. The minimum absolute atomic E-state index is 0.316. The van der Waals surface area contributed by atoms with E-state index in [0.29, 0.717) is 24.4 Å². The summed E-state index contributed by atoms with van der Waals surface area (Å²) in [5, 5.41) is 10.4. The highest BCUT2D eigenvalue weighted by Gasteiger charge is 2.26. The van der Waals surface area contributed by atoms with Crippen LogP contribution in [0.5, 0.6) is 0 Å². The number of hydrogen-bond acceptors (Lipinski definition) is 5. The number of carbonyl (C=O) groups excluding carboxylic acids is 1. The lowest BCUT2D eigenvalue weighted by molar-refractivity contribution is 0.0634. The Kier molecular flexibility index (Phi) is 4.53. The van der Waals surface area contributed by atoms with Crippen LogP contribution < -0.4 is 16.4 Å². The van der Waals surface area contributed by atoms with Crippen LogP contribution in [0.4, 0.5) is 10.6 Å². The maximum absolute atomic E-state index is 11.9. The van der Waals surface area contributed by atoms with Crippen molar-refractivity contribution in [1.29, 1.82) is 0 Å². The lowest BCUT2D eigenvalue weighted by atomic mass is 9.87. The lowest BCUT2D eigenvalue weighted by Gasteiger charge is -2.33. The molecule has 0 aromatic carbocycles.